The molecule has 3 heterocycles. The SMILES string of the molecule is CCc1c(C(=O)Nc2ccc(N3CCCC3)cn2)cnn1-c1ccccc1. The third kappa shape index (κ3) is 3.56. The van der Waals surface area contributed by atoms with E-state index in [0.29, 0.717) is 17.8 Å². The summed E-state index contributed by atoms with van der Waals surface area (Å²) in [7, 11) is 0. The molecule has 27 heavy (non-hydrogen) atoms. The summed E-state index contributed by atoms with van der Waals surface area (Å²) in [6, 6.07) is 13.7. The van der Waals surface area contributed by atoms with Crippen molar-refractivity contribution in [3.8, 4) is 5.69 Å². The van der Waals surface area contributed by atoms with Crippen molar-refractivity contribution in [1.82, 2.24) is 14.8 Å². The molecule has 0 radical (unpaired) electrons. The minimum atomic E-state index is -0.185. The molecule has 0 atom stereocenters. The van der Waals surface area contributed by atoms with Gasteiger partial charge in [0.1, 0.15) is 5.82 Å². The van der Waals surface area contributed by atoms with Crippen LogP contribution in [0.25, 0.3) is 5.69 Å². The number of nitrogens with zero attached hydrogens (tertiary/aromatic N) is 4. The molecule has 0 unspecified atom stereocenters. The van der Waals surface area contributed by atoms with Crippen LogP contribution in [-0.2, 0) is 6.42 Å². The molecule has 4 rings (SSSR count). The standard InChI is InChI=1S/C21H23N5O/c1-2-19-18(15-23-26(19)16-8-4-3-5-9-16)21(27)24-20-11-10-17(14-22-20)25-12-6-7-13-25/h3-5,8-11,14-15H,2,6-7,12-13H2,1H3,(H,22,24,27). The third-order valence-electron chi connectivity index (χ3n) is 4.91. The van der Waals surface area contributed by atoms with Crippen LogP contribution in [0.15, 0.2) is 54.9 Å². The highest BCUT2D eigenvalue weighted by molar-refractivity contribution is 6.04. The molecule has 3 aromatic rings. The van der Waals surface area contributed by atoms with E-state index in [9.17, 15) is 4.79 Å². The lowest BCUT2D eigenvalue weighted by atomic mass is 10.2. The predicted molar refractivity (Wildman–Crippen MR) is 107 cm³/mol. The number of carbonyl (C=O) groups is 1. The summed E-state index contributed by atoms with van der Waals surface area (Å²) in [6.45, 7) is 4.17. The minimum absolute atomic E-state index is 0.185. The quantitative estimate of drug-likeness (QED) is 0.753. The van der Waals surface area contributed by atoms with Gasteiger partial charge in [-0.15, -0.1) is 0 Å². The topological polar surface area (TPSA) is 63.1 Å². The van der Waals surface area contributed by atoms with Crippen LogP contribution in [0.4, 0.5) is 11.5 Å². The molecule has 1 aromatic carbocycles. The van der Waals surface area contributed by atoms with Crippen molar-refractivity contribution in [2.45, 2.75) is 26.2 Å². The molecular formula is C21H23N5O. The van der Waals surface area contributed by atoms with Crippen molar-refractivity contribution in [3.63, 3.8) is 0 Å². The lowest BCUT2D eigenvalue weighted by Gasteiger charge is -2.17. The highest BCUT2D eigenvalue weighted by Crippen LogP contribution is 2.21. The van der Waals surface area contributed by atoms with E-state index in [-0.39, 0.29) is 5.91 Å². The van der Waals surface area contributed by atoms with E-state index in [0.717, 1.165) is 30.2 Å². The number of rotatable bonds is 5. The molecule has 2 aromatic heterocycles. The molecule has 1 aliphatic rings. The fourth-order valence-electron chi connectivity index (χ4n) is 3.50. The Bertz CT molecular complexity index is 912. The largest absolute Gasteiger partial charge is 0.370 e. The van der Waals surface area contributed by atoms with E-state index >= 15 is 0 Å². The Balaban J connectivity index is 1.52. The average Bonchev–Trinajstić information content (AvgIpc) is 3.39. The summed E-state index contributed by atoms with van der Waals surface area (Å²) in [5, 5.41) is 7.31. The number of anilines is 2. The van der Waals surface area contributed by atoms with Crippen molar-refractivity contribution < 1.29 is 4.79 Å². The van der Waals surface area contributed by atoms with Crippen LogP contribution in [0, 0.1) is 0 Å². The van der Waals surface area contributed by atoms with Gasteiger partial charge in [-0.3, -0.25) is 4.79 Å². The first kappa shape index (κ1) is 17.3. The summed E-state index contributed by atoms with van der Waals surface area (Å²) in [4.78, 5) is 19.5. The zero-order valence-corrected chi connectivity index (χ0v) is 15.4. The predicted octanol–water partition coefficient (Wildman–Crippen LogP) is 3.68. The summed E-state index contributed by atoms with van der Waals surface area (Å²) in [5.41, 5.74) is 3.51. The molecular weight excluding hydrogens is 338 g/mol. The number of nitrogens with one attached hydrogen (secondary N) is 1. The maximum absolute atomic E-state index is 12.8. The molecule has 1 saturated heterocycles. The minimum Gasteiger partial charge on any atom is -0.370 e. The molecule has 0 spiro atoms. The van der Waals surface area contributed by atoms with Gasteiger partial charge in [0.15, 0.2) is 0 Å². The maximum atomic E-state index is 12.8. The number of carbonyl (C=O) groups excluding carboxylic acids is 1. The van der Waals surface area contributed by atoms with E-state index in [1.165, 1.54) is 12.8 Å². The van der Waals surface area contributed by atoms with Gasteiger partial charge in [0.25, 0.3) is 5.91 Å². The van der Waals surface area contributed by atoms with Gasteiger partial charge in [0.2, 0.25) is 0 Å². The zero-order chi connectivity index (χ0) is 18.6. The van der Waals surface area contributed by atoms with Crippen molar-refractivity contribution in [1.29, 1.82) is 0 Å². The van der Waals surface area contributed by atoms with Crippen molar-refractivity contribution in [3.05, 3.63) is 66.1 Å². The number of para-hydroxylation sites is 1. The van der Waals surface area contributed by atoms with E-state index in [4.69, 9.17) is 0 Å². The van der Waals surface area contributed by atoms with Crippen molar-refractivity contribution in [2.75, 3.05) is 23.3 Å². The zero-order valence-electron chi connectivity index (χ0n) is 15.4. The number of amides is 1. The fraction of sp³-hybridized carbons (Fsp3) is 0.286. The normalized spacial score (nSPS) is 13.7. The number of aromatic nitrogens is 3. The molecule has 1 amide bonds. The van der Waals surface area contributed by atoms with Crippen LogP contribution < -0.4 is 10.2 Å². The lowest BCUT2D eigenvalue weighted by Crippen LogP contribution is -2.18. The summed E-state index contributed by atoms with van der Waals surface area (Å²) in [5.74, 6) is 0.368. The van der Waals surface area contributed by atoms with E-state index in [1.807, 2.05) is 60.3 Å². The monoisotopic (exact) mass is 361 g/mol. The van der Waals surface area contributed by atoms with Gasteiger partial charge in [0, 0.05) is 13.1 Å². The Morgan fingerprint density at radius 1 is 1.04 bits per heavy atom. The van der Waals surface area contributed by atoms with Gasteiger partial charge in [-0.1, -0.05) is 25.1 Å². The van der Waals surface area contributed by atoms with E-state index in [1.54, 1.807) is 6.20 Å². The Hall–Kier alpha value is -3.15. The van der Waals surface area contributed by atoms with E-state index in [2.05, 4.69) is 20.3 Å². The van der Waals surface area contributed by atoms with Crippen LogP contribution in [-0.4, -0.2) is 33.8 Å². The smallest absolute Gasteiger partial charge is 0.260 e. The van der Waals surface area contributed by atoms with Crippen LogP contribution in [0.2, 0.25) is 0 Å². The Labute approximate surface area is 158 Å². The number of benzene rings is 1. The van der Waals surface area contributed by atoms with Crippen LogP contribution >= 0.6 is 0 Å². The first-order chi connectivity index (χ1) is 13.3. The van der Waals surface area contributed by atoms with Crippen LogP contribution in [0.3, 0.4) is 0 Å². The Kier molecular flexibility index (Phi) is 4.87. The summed E-state index contributed by atoms with van der Waals surface area (Å²) >= 11 is 0. The first-order valence-corrected chi connectivity index (χ1v) is 9.41. The van der Waals surface area contributed by atoms with Crippen LogP contribution in [0.5, 0.6) is 0 Å². The highest BCUT2D eigenvalue weighted by atomic mass is 16.1. The fourth-order valence-corrected chi connectivity index (χ4v) is 3.50. The van der Waals surface area contributed by atoms with Gasteiger partial charge in [-0.05, 0) is 43.5 Å². The second kappa shape index (κ2) is 7.61. The lowest BCUT2D eigenvalue weighted by molar-refractivity contribution is 0.102. The van der Waals surface area contributed by atoms with E-state index < -0.39 is 0 Å². The molecule has 6 heteroatoms. The first-order valence-electron chi connectivity index (χ1n) is 9.41. The van der Waals surface area contributed by atoms with Gasteiger partial charge < -0.3 is 10.2 Å². The van der Waals surface area contributed by atoms with Crippen molar-refractivity contribution in [2.24, 2.45) is 0 Å². The third-order valence-corrected chi connectivity index (χ3v) is 4.91. The molecule has 138 valence electrons. The molecule has 0 saturated carbocycles. The number of hydrogen-bond donors (Lipinski definition) is 1. The molecule has 6 nitrogen and oxygen atoms in total. The summed E-state index contributed by atoms with van der Waals surface area (Å²) < 4.78 is 1.82. The van der Waals surface area contributed by atoms with Gasteiger partial charge in [-0.25, -0.2) is 9.67 Å². The number of hydrogen-bond acceptors (Lipinski definition) is 4. The summed E-state index contributed by atoms with van der Waals surface area (Å²) in [6.07, 6.45) is 6.61. The van der Waals surface area contributed by atoms with Gasteiger partial charge in [0.05, 0.1) is 35.0 Å². The van der Waals surface area contributed by atoms with Crippen LogP contribution in [0.1, 0.15) is 35.8 Å². The van der Waals surface area contributed by atoms with Gasteiger partial charge >= 0.3 is 0 Å². The second-order valence-corrected chi connectivity index (χ2v) is 6.66. The highest BCUT2D eigenvalue weighted by Gasteiger charge is 2.18. The Morgan fingerprint density at radius 2 is 1.81 bits per heavy atom. The molecule has 0 aliphatic carbocycles. The number of pyridine rings is 1. The molecule has 1 N–H and O–H groups in total. The Morgan fingerprint density at radius 3 is 2.48 bits per heavy atom. The molecule has 1 fully saturated rings. The van der Waals surface area contributed by atoms with Crippen molar-refractivity contribution >= 4 is 17.4 Å². The second-order valence-electron chi connectivity index (χ2n) is 6.66. The maximum Gasteiger partial charge on any atom is 0.260 e. The molecule has 0 bridgehead atoms. The molecule has 1 aliphatic heterocycles. The van der Waals surface area contributed by atoms with Gasteiger partial charge in [-0.2, -0.15) is 5.10 Å². The average molecular weight is 361 g/mol.